The maximum absolute atomic E-state index is 12.7. The lowest BCUT2D eigenvalue weighted by molar-refractivity contribution is -0.0146. The highest BCUT2D eigenvalue weighted by Crippen LogP contribution is 2.51. The van der Waals surface area contributed by atoms with Crippen LogP contribution in [0.25, 0.3) is 0 Å². The molecule has 1 aromatic heterocycles. The third-order valence-corrected chi connectivity index (χ3v) is 8.59. The summed E-state index contributed by atoms with van der Waals surface area (Å²) >= 11 is 0. The van der Waals surface area contributed by atoms with E-state index in [9.17, 15) is 9.36 Å². The van der Waals surface area contributed by atoms with E-state index in [1.807, 2.05) is 0 Å². The van der Waals surface area contributed by atoms with E-state index in [1.54, 1.807) is 12.3 Å². The van der Waals surface area contributed by atoms with Gasteiger partial charge in [-0.2, -0.15) is 4.98 Å². The van der Waals surface area contributed by atoms with Crippen LogP contribution in [0.1, 0.15) is 122 Å². The van der Waals surface area contributed by atoms with Gasteiger partial charge in [0.15, 0.2) is 0 Å². The normalized spacial score (nSPS) is 19.9. The Hall–Kier alpha value is -1.21. The standard InChI is InChI=1S/C28H52N3O5P/c1-2-3-4-5-6-7-8-9-10-11-12-13-14-15-16-17-18-19-22-35-37(33)25-34-26(24-36-37)23-31-21-20-27(29)30-28(31)32/h20-21,26H,2-19,22-25H2,1H3,(H2,29,30,32)/t26-,37?/m0/s1. The van der Waals surface area contributed by atoms with Crippen LogP contribution in [0.3, 0.4) is 0 Å². The number of nitrogens with zero attached hydrogens (tertiary/aromatic N) is 2. The Kier molecular flexibility index (Phi) is 17.1. The number of anilines is 1. The first-order valence-electron chi connectivity index (χ1n) is 14.8. The SMILES string of the molecule is CCCCCCCCCCCCCCCCCCCCOP1(=O)CO[C@@H](Cn2ccc(N)nc2=O)CO1. The molecule has 1 aliphatic rings. The highest BCUT2D eigenvalue weighted by atomic mass is 31.2. The number of rotatable bonds is 22. The molecule has 0 aliphatic carbocycles. The molecule has 1 aromatic rings. The van der Waals surface area contributed by atoms with Crippen molar-refractivity contribution in [3.8, 4) is 0 Å². The largest absolute Gasteiger partial charge is 0.383 e. The summed E-state index contributed by atoms with van der Waals surface area (Å²) < 4.78 is 30.7. The Morgan fingerprint density at radius 2 is 1.43 bits per heavy atom. The van der Waals surface area contributed by atoms with E-state index < -0.39 is 13.3 Å². The van der Waals surface area contributed by atoms with Crippen molar-refractivity contribution in [3.05, 3.63) is 22.7 Å². The van der Waals surface area contributed by atoms with Crippen molar-refractivity contribution in [2.45, 2.75) is 135 Å². The van der Waals surface area contributed by atoms with Crippen molar-refractivity contribution in [3.63, 3.8) is 0 Å². The molecular weight excluding hydrogens is 489 g/mol. The Morgan fingerprint density at radius 1 is 0.919 bits per heavy atom. The van der Waals surface area contributed by atoms with Gasteiger partial charge < -0.3 is 19.5 Å². The number of nitrogen functional groups attached to an aromatic ring is 1. The Morgan fingerprint density at radius 3 is 1.89 bits per heavy atom. The highest BCUT2D eigenvalue weighted by Gasteiger charge is 2.33. The molecule has 0 amide bonds. The van der Waals surface area contributed by atoms with Crippen molar-refractivity contribution >= 4 is 13.4 Å². The molecule has 9 heteroatoms. The van der Waals surface area contributed by atoms with Gasteiger partial charge in [0.25, 0.3) is 0 Å². The molecular formula is C28H52N3O5P. The summed E-state index contributed by atoms with van der Waals surface area (Å²) in [6.45, 7) is 3.09. The van der Waals surface area contributed by atoms with Gasteiger partial charge >= 0.3 is 13.3 Å². The van der Waals surface area contributed by atoms with Crippen LogP contribution >= 0.6 is 7.60 Å². The minimum Gasteiger partial charge on any atom is -0.383 e. The zero-order chi connectivity index (χ0) is 26.6. The maximum Gasteiger partial charge on any atom is 0.356 e. The summed E-state index contributed by atoms with van der Waals surface area (Å²) in [4.78, 5) is 15.5. The number of hydrogen-bond acceptors (Lipinski definition) is 7. The van der Waals surface area contributed by atoms with Crippen LogP contribution in [0.4, 0.5) is 5.82 Å². The molecule has 0 spiro atoms. The lowest BCUT2D eigenvalue weighted by Crippen LogP contribution is -2.35. The van der Waals surface area contributed by atoms with E-state index in [-0.39, 0.29) is 31.4 Å². The van der Waals surface area contributed by atoms with Crippen molar-refractivity contribution in [1.82, 2.24) is 9.55 Å². The number of hydrogen-bond donors (Lipinski definition) is 1. The molecule has 2 rings (SSSR count). The monoisotopic (exact) mass is 541 g/mol. The third kappa shape index (κ3) is 15.1. The van der Waals surface area contributed by atoms with E-state index in [2.05, 4.69) is 11.9 Å². The van der Waals surface area contributed by atoms with Crippen LogP contribution in [0.5, 0.6) is 0 Å². The molecule has 0 radical (unpaired) electrons. The quantitative estimate of drug-likeness (QED) is 0.120. The average Bonchev–Trinajstić information content (AvgIpc) is 2.88. The minimum atomic E-state index is -3.21. The van der Waals surface area contributed by atoms with Crippen molar-refractivity contribution in [1.29, 1.82) is 0 Å². The highest BCUT2D eigenvalue weighted by molar-refractivity contribution is 7.53. The lowest BCUT2D eigenvalue weighted by atomic mass is 10.0. The van der Waals surface area contributed by atoms with Gasteiger partial charge in [0.2, 0.25) is 0 Å². The fraction of sp³-hybridized carbons (Fsp3) is 0.857. The molecule has 1 unspecified atom stereocenters. The Balaban J connectivity index is 1.35. The molecule has 2 atom stereocenters. The van der Waals surface area contributed by atoms with Gasteiger partial charge in [0.05, 0.1) is 19.8 Å². The van der Waals surface area contributed by atoms with E-state index in [1.165, 1.54) is 107 Å². The molecule has 37 heavy (non-hydrogen) atoms. The predicted molar refractivity (Wildman–Crippen MR) is 151 cm³/mol. The Labute approximate surface area is 224 Å². The van der Waals surface area contributed by atoms with Gasteiger partial charge in [-0.3, -0.25) is 9.13 Å². The lowest BCUT2D eigenvalue weighted by Gasteiger charge is -2.29. The van der Waals surface area contributed by atoms with Crippen LogP contribution in [0.2, 0.25) is 0 Å². The molecule has 8 nitrogen and oxygen atoms in total. The van der Waals surface area contributed by atoms with Crippen LogP contribution in [-0.4, -0.2) is 35.2 Å². The number of ether oxygens (including phenoxy) is 1. The van der Waals surface area contributed by atoms with E-state index in [0.29, 0.717) is 6.61 Å². The molecule has 1 fully saturated rings. The topological polar surface area (TPSA) is 106 Å². The van der Waals surface area contributed by atoms with Crippen LogP contribution in [0, 0.1) is 0 Å². The Bertz CT molecular complexity index is 807. The van der Waals surface area contributed by atoms with Crippen molar-refractivity contribution in [2.75, 3.05) is 25.3 Å². The van der Waals surface area contributed by atoms with Gasteiger partial charge in [-0.05, 0) is 12.5 Å². The third-order valence-electron chi connectivity index (χ3n) is 7.01. The van der Waals surface area contributed by atoms with Crippen LogP contribution in [0.15, 0.2) is 17.1 Å². The molecule has 1 saturated heterocycles. The number of nitrogens with two attached hydrogens (primary N) is 1. The maximum atomic E-state index is 12.7. The van der Waals surface area contributed by atoms with Gasteiger partial charge in [-0.25, -0.2) is 4.79 Å². The first-order valence-corrected chi connectivity index (χ1v) is 16.6. The van der Waals surface area contributed by atoms with Gasteiger partial charge in [0.1, 0.15) is 18.3 Å². The average molecular weight is 542 g/mol. The molecule has 1 aliphatic heterocycles. The molecule has 0 bridgehead atoms. The van der Waals surface area contributed by atoms with E-state index in [0.717, 1.165) is 12.8 Å². The molecule has 2 heterocycles. The zero-order valence-corrected chi connectivity index (χ0v) is 24.1. The number of aromatic nitrogens is 2. The molecule has 0 aromatic carbocycles. The second-order valence-corrected chi connectivity index (χ2v) is 12.5. The summed E-state index contributed by atoms with van der Waals surface area (Å²) in [6.07, 6.45) is 25.0. The summed E-state index contributed by atoms with van der Waals surface area (Å²) in [5.74, 6) is 0.180. The van der Waals surface area contributed by atoms with Crippen LogP contribution < -0.4 is 11.4 Å². The van der Waals surface area contributed by atoms with Gasteiger partial charge in [-0.1, -0.05) is 116 Å². The van der Waals surface area contributed by atoms with Crippen molar-refractivity contribution in [2.24, 2.45) is 0 Å². The molecule has 214 valence electrons. The van der Waals surface area contributed by atoms with Gasteiger partial charge in [-0.15, -0.1) is 0 Å². The first-order chi connectivity index (χ1) is 18.0. The summed E-state index contributed by atoms with van der Waals surface area (Å²) in [6, 6.07) is 1.55. The number of unbranched alkanes of at least 4 members (excludes halogenated alkanes) is 17. The second kappa shape index (κ2) is 19.8. The van der Waals surface area contributed by atoms with Crippen molar-refractivity contribution < 1.29 is 18.3 Å². The van der Waals surface area contributed by atoms with Gasteiger partial charge in [0, 0.05) is 6.20 Å². The first kappa shape index (κ1) is 32.0. The molecule has 0 saturated carbocycles. The fourth-order valence-corrected chi connectivity index (χ4v) is 6.08. The summed E-state index contributed by atoms with van der Waals surface area (Å²) in [5.41, 5.74) is 5.06. The van der Waals surface area contributed by atoms with Crippen LogP contribution in [-0.2, 0) is 24.9 Å². The summed E-state index contributed by atoms with van der Waals surface area (Å²) in [5, 5.41) is 0. The van der Waals surface area contributed by atoms with E-state index >= 15 is 0 Å². The minimum absolute atomic E-state index is 0.0894. The smallest absolute Gasteiger partial charge is 0.356 e. The second-order valence-electron chi connectivity index (χ2n) is 10.5. The fourth-order valence-electron chi connectivity index (χ4n) is 4.67. The summed E-state index contributed by atoms with van der Waals surface area (Å²) in [7, 11) is -3.21. The predicted octanol–water partition coefficient (Wildman–Crippen LogP) is 7.45. The molecule has 2 N–H and O–H groups in total. The zero-order valence-electron chi connectivity index (χ0n) is 23.2. The van der Waals surface area contributed by atoms with E-state index in [4.69, 9.17) is 19.5 Å².